The fourth-order valence-electron chi connectivity index (χ4n) is 3.34. The third-order valence-electron chi connectivity index (χ3n) is 4.99. The van der Waals surface area contributed by atoms with Crippen LogP contribution in [0.5, 0.6) is 11.5 Å². The first-order valence-corrected chi connectivity index (χ1v) is 10.3. The second-order valence-electron chi connectivity index (χ2n) is 7.05. The molecule has 4 heteroatoms. The van der Waals surface area contributed by atoms with Crippen LogP contribution in [0.3, 0.4) is 0 Å². The predicted octanol–water partition coefficient (Wildman–Crippen LogP) is 6.98. The number of para-hydroxylation sites is 1. The topological polar surface area (TPSA) is 35.5 Å². The first-order valence-electron chi connectivity index (χ1n) is 9.89. The maximum atomic E-state index is 12.7. The molecule has 0 radical (unpaired) electrons. The maximum absolute atomic E-state index is 12.7. The molecule has 0 saturated carbocycles. The summed E-state index contributed by atoms with van der Waals surface area (Å²) in [5.74, 6) is 1.28. The summed E-state index contributed by atoms with van der Waals surface area (Å²) in [5.41, 5.74) is 2.40. The van der Waals surface area contributed by atoms with Crippen molar-refractivity contribution in [1.29, 1.82) is 0 Å². The average Bonchev–Trinajstić information content (AvgIpc) is 2.81. The molecule has 0 unspecified atom stereocenters. The van der Waals surface area contributed by atoms with E-state index >= 15 is 0 Å². The van der Waals surface area contributed by atoms with Gasteiger partial charge in [0.05, 0.1) is 12.1 Å². The summed E-state index contributed by atoms with van der Waals surface area (Å²) < 4.78 is 11.3. The maximum Gasteiger partial charge on any atom is 0.185 e. The molecule has 4 rings (SSSR count). The Balaban J connectivity index is 1.52. The van der Waals surface area contributed by atoms with E-state index in [0.29, 0.717) is 28.7 Å². The fraction of sp³-hybridized carbons (Fsp3) is 0.0741. The van der Waals surface area contributed by atoms with Gasteiger partial charge in [0.2, 0.25) is 0 Å². The molecule has 4 aromatic carbocycles. The largest absolute Gasteiger partial charge is 0.496 e. The Morgan fingerprint density at radius 1 is 0.871 bits per heavy atom. The average molecular weight is 429 g/mol. The number of rotatable bonds is 7. The molecule has 0 aliphatic heterocycles. The van der Waals surface area contributed by atoms with E-state index in [1.54, 1.807) is 25.3 Å². The zero-order chi connectivity index (χ0) is 21.6. The number of carbonyl (C=O) groups excluding carboxylic acids is 1. The van der Waals surface area contributed by atoms with E-state index in [0.717, 1.165) is 21.9 Å². The number of hydrogen-bond acceptors (Lipinski definition) is 3. The number of carbonyl (C=O) groups is 1. The van der Waals surface area contributed by atoms with Crippen LogP contribution < -0.4 is 9.47 Å². The van der Waals surface area contributed by atoms with Gasteiger partial charge in [0.1, 0.15) is 18.1 Å². The van der Waals surface area contributed by atoms with Crippen molar-refractivity contribution >= 4 is 34.2 Å². The Bertz CT molecular complexity index is 1260. The molecule has 0 N–H and O–H groups in total. The third kappa shape index (κ3) is 4.96. The highest BCUT2D eigenvalue weighted by molar-refractivity contribution is 6.32. The first kappa shape index (κ1) is 20.7. The van der Waals surface area contributed by atoms with Gasteiger partial charge in [-0.2, -0.15) is 0 Å². The Morgan fingerprint density at radius 3 is 2.45 bits per heavy atom. The molecular formula is C27H21ClO3. The van der Waals surface area contributed by atoms with Crippen LogP contribution in [0.4, 0.5) is 0 Å². The van der Waals surface area contributed by atoms with Crippen molar-refractivity contribution in [2.24, 2.45) is 0 Å². The van der Waals surface area contributed by atoms with Crippen LogP contribution >= 0.6 is 11.6 Å². The highest BCUT2D eigenvalue weighted by Crippen LogP contribution is 2.27. The molecule has 0 amide bonds. The number of hydrogen-bond donors (Lipinski definition) is 0. The van der Waals surface area contributed by atoms with Crippen LogP contribution in [0.1, 0.15) is 21.5 Å². The molecule has 0 spiro atoms. The molecule has 0 aliphatic carbocycles. The van der Waals surface area contributed by atoms with Crippen molar-refractivity contribution in [2.45, 2.75) is 6.61 Å². The van der Waals surface area contributed by atoms with Gasteiger partial charge in [0.25, 0.3) is 0 Å². The van der Waals surface area contributed by atoms with Gasteiger partial charge in [-0.3, -0.25) is 4.79 Å². The molecule has 0 aromatic heterocycles. The zero-order valence-corrected chi connectivity index (χ0v) is 17.8. The summed E-state index contributed by atoms with van der Waals surface area (Å²) in [4.78, 5) is 12.7. The molecule has 0 saturated heterocycles. The Morgan fingerprint density at radius 2 is 1.65 bits per heavy atom. The van der Waals surface area contributed by atoms with Crippen LogP contribution in [0.25, 0.3) is 16.8 Å². The minimum Gasteiger partial charge on any atom is -0.496 e. The van der Waals surface area contributed by atoms with Gasteiger partial charge in [0.15, 0.2) is 5.78 Å². The van der Waals surface area contributed by atoms with Crippen LogP contribution in [-0.2, 0) is 6.61 Å². The van der Waals surface area contributed by atoms with Gasteiger partial charge in [-0.1, -0.05) is 72.3 Å². The van der Waals surface area contributed by atoms with Gasteiger partial charge in [-0.15, -0.1) is 0 Å². The minimum atomic E-state index is -0.0459. The van der Waals surface area contributed by atoms with Gasteiger partial charge in [-0.05, 0) is 52.7 Å². The van der Waals surface area contributed by atoms with E-state index in [1.165, 1.54) is 0 Å². The lowest BCUT2D eigenvalue weighted by Gasteiger charge is -2.12. The standard InChI is InChI=1S/C27H21ClO3/c1-30-26-15-11-19(16-23(26)18-31-27-9-5-4-8-24(27)28)10-14-25(29)22-13-12-20-6-2-3-7-21(20)17-22/h2-17H,18H2,1H3/b14-10+. The van der Waals surface area contributed by atoms with Crippen LogP contribution in [0.2, 0.25) is 5.02 Å². The highest BCUT2D eigenvalue weighted by atomic mass is 35.5. The van der Waals surface area contributed by atoms with Crippen LogP contribution in [-0.4, -0.2) is 12.9 Å². The van der Waals surface area contributed by atoms with Crippen molar-refractivity contribution in [3.63, 3.8) is 0 Å². The van der Waals surface area contributed by atoms with Crippen molar-refractivity contribution in [2.75, 3.05) is 7.11 Å². The summed E-state index contributed by atoms with van der Waals surface area (Å²) in [5, 5.41) is 2.71. The molecule has 31 heavy (non-hydrogen) atoms. The fourth-order valence-corrected chi connectivity index (χ4v) is 3.53. The molecule has 0 heterocycles. The summed E-state index contributed by atoms with van der Waals surface area (Å²) in [6.07, 6.45) is 3.39. The predicted molar refractivity (Wildman–Crippen MR) is 126 cm³/mol. The van der Waals surface area contributed by atoms with E-state index in [9.17, 15) is 4.79 Å². The highest BCUT2D eigenvalue weighted by Gasteiger charge is 2.08. The van der Waals surface area contributed by atoms with Gasteiger partial charge in [0, 0.05) is 11.1 Å². The molecule has 0 fully saturated rings. The normalized spacial score (nSPS) is 11.0. The lowest BCUT2D eigenvalue weighted by atomic mass is 10.0. The van der Waals surface area contributed by atoms with E-state index in [-0.39, 0.29) is 5.78 Å². The van der Waals surface area contributed by atoms with E-state index in [4.69, 9.17) is 21.1 Å². The summed E-state index contributed by atoms with van der Waals surface area (Å²) in [7, 11) is 1.62. The summed E-state index contributed by atoms with van der Waals surface area (Å²) in [6.45, 7) is 0.299. The third-order valence-corrected chi connectivity index (χ3v) is 5.30. The second kappa shape index (κ2) is 9.50. The van der Waals surface area contributed by atoms with E-state index < -0.39 is 0 Å². The number of fused-ring (bicyclic) bond motifs is 1. The quantitative estimate of drug-likeness (QED) is 0.235. The Kier molecular flexibility index (Phi) is 6.34. The Labute approximate surface area is 186 Å². The molecule has 0 bridgehead atoms. The lowest BCUT2D eigenvalue weighted by molar-refractivity contribution is 0.104. The van der Waals surface area contributed by atoms with Gasteiger partial charge < -0.3 is 9.47 Å². The van der Waals surface area contributed by atoms with Crippen LogP contribution in [0, 0.1) is 0 Å². The van der Waals surface area contributed by atoms with Gasteiger partial charge >= 0.3 is 0 Å². The molecule has 4 aromatic rings. The van der Waals surface area contributed by atoms with Crippen molar-refractivity contribution in [3.05, 3.63) is 113 Å². The van der Waals surface area contributed by atoms with Crippen molar-refractivity contribution in [1.82, 2.24) is 0 Å². The number of halogens is 1. The number of allylic oxidation sites excluding steroid dienone is 1. The second-order valence-corrected chi connectivity index (χ2v) is 7.46. The SMILES string of the molecule is COc1ccc(/C=C/C(=O)c2ccc3ccccc3c2)cc1COc1ccccc1Cl. The number of ether oxygens (including phenoxy) is 2. The van der Waals surface area contributed by atoms with Crippen molar-refractivity contribution in [3.8, 4) is 11.5 Å². The first-order chi connectivity index (χ1) is 15.1. The number of ketones is 1. The lowest BCUT2D eigenvalue weighted by Crippen LogP contribution is -2.00. The van der Waals surface area contributed by atoms with Crippen LogP contribution in [0.15, 0.2) is 91.0 Å². The molecule has 0 atom stereocenters. The number of methoxy groups -OCH3 is 1. The molecule has 154 valence electrons. The van der Waals surface area contributed by atoms with Gasteiger partial charge in [-0.25, -0.2) is 0 Å². The van der Waals surface area contributed by atoms with E-state index in [2.05, 4.69) is 0 Å². The molecule has 0 aliphatic rings. The number of benzene rings is 4. The monoisotopic (exact) mass is 428 g/mol. The van der Waals surface area contributed by atoms with Crippen molar-refractivity contribution < 1.29 is 14.3 Å². The minimum absolute atomic E-state index is 0.0459. The van der Waals surface area contributed by atoms with E-state index in [1.807, 2.05) is 78.9 Å². The molecule has 3 nitrogen and oxygen atoms in total. The Hall–Kier alpha value is -3.56. The molecular weight excluding hydrogens is 408 g/mol. The summed E-state index contributed by atoms with van der Waals surface area (Å²) >= 11 is 6.17. The smallest absolute Gasteiger partial charge is 0.185 e. The zero-order valence-electron chi connectivity index (χ0n) is 17.0. The summed E-state index contributed by atoms with van der Waals surface area (Å²) in [6, 6.07) is 26.8.